The molecule has 3 aliphatic rings. The number of hydrogen-bond acceptors (Lipinski definition) is 9. The van der Waals surface area contributed by atoms with E-state index in [0.717, 1.165) is 31.4 Å². The van der Waals surface area contributed by atoms with Gasteiger partial charge in [-0.05, 0) is 67.9 Å². The molecule has 2 saturated carbocycles. The summed E-state index contributed by atoms with van der Waals surface area (Å²) < 4.78 is 47.0. The van der Waals surface area contributed by atoms with Gasteiger partial charge in [0.2, 0.25) is 0 Å². The van der Waals surface area contributed by atoms with Crippen molar-refractivity contribution in [1.82, 2.24) is 0 Å². The molecule has 9 nitrogen and oxygen atoms in total. The third-order valence-electron chi connectivity index (χ3n) is 9.07. The summed E-state index contributed by atoms with van der Waals surface area (Å²) in [4.78, 5) is 14.8. The average Bonchev–Trinajstić information content (AvgIpc) is 3.26. The lowest BCUT2D eigenvalue weighted by Crippen LogP contribution is -2.63. The highest BCUT2D eigenvalue weighted by Crippen LogP contribution is 2.54. The van der Waals surface area contributed by atoms with Crippen LogP contribution in [0.25, 0.3) is 0 Å². The zero-order valence-corrected chi connectivity index (χ0v) is 24.8. The Balaban J connectivity index is 1.80. The standard InChI is InChI=1S/C31H46O9/c1-30(2)21-9-14-24(30)28(39-19-34-4)29(32)31(36-6)15-7-8-25(38-20-37-17-16-33-3)27(31)26(18-21)40-23-12-10-22(35-5)11-13-23/h10-13,18,24-28H,7-9,14-17,19-20H2,1-6H3/b21-18+/t24-,25-,26+,27-,28-,31+/m1/s1. The van der Waals surface area contributed by atoms with Crippen LogP contribution in [0.3, 0.4) is 0 Å². The number of carbonyl (C=O) groups is 1. The van der Waals surface area contributed by atoms with Crippen molar-refractivity contribution < 1.29 is 42.7 Å². The Bertz CT molecular complexity index is 991. The van der Waals surface area contributed by atoms with E-state index in [0.29, 0.717) is 25.4 Å². The minimum atomic E-state index is -1.18. The van der Waals surface area contributed by atoms with Crippen LogP contribution < -0.4 is 9.47 Å². The molecule has 224 valence electrons. The fourth-order valence-corrected chi connectivity index (χ4v) is 6.88. The number of Topliss-reactive ketones (excluding diaryl/α,β-unsaturated/α-hetero) is 1. The quantitative estimate of drug-likeness (QED) is 0.195. The molecular formula is C31H46O9. The molecule has 4 rings (SSSR count). The highest BCUT2D eigenvalue weighted by atomic mass is 16.7. The molecule has 2 fully saturated rings. The maximum absolute atomic E-state index is 14.8. The van der Waals surface area contributed by atoms with Gasteiger partial charge in [0.15, 0.2) is 5.78 Å². The predicted molar refractivity (Wildman–Crippen MR) is 148 cm³/mol. The van der Waals surface area contributed by atoms with Crippen molar-refractivity contribution in [3.63, 3.8) is 0 Å². The van der Waals surface area contributed by atoms with Gasteiger partial charge in [-0.3, -0.25) is 4.79 Å². The van der Waals surface area contributed by atoms with E-state index in [-0.39, 0.29) is 36.8 Å². The fourth-order valence-electron chi connectivity index (χ4n) is 6.88. The number of ketones is 1. The van der Waals surface area contributed by atoms with Gasteiger partial charge in [-0.15, -0.1) is 0 Å². The van der Waals surface area contributed by atoms with Gasteiger partial charge in [0.1, 0.15) is 42.9 Å². The van der Waals surface area contributed by atoms with Crippen LogP contribution >= 0.6 is 0 Å². The van der Waals surface area contributed by atoms with Crippen molar-refractivity contribution in [2.75, 3.05) is 55.2 Å². The molecule has 0 heterocycles. The Morgan fingerprint density at radius 2 is 1.65 bits per heavy atom. The summed E-state index contributed by atoms with van der Waals surface area (Å²) >= 11 is 0. The molecule has 0 aliphatic heterocycles. The second-order valence-corrected chi connectivity index (χ2v) is 11.4. The highest BCUT2D eigenvalue weighted by Gasteiger charge is 2.61. The first-order valence-electron chi connectivity index (χ1n) is 14.2. The molecule has 3 aliphatic carbocycles. The summed E-state index contributed by atoms with van der Waals surface area (Å²) in [5.41, 5.74) is -0.206. The predicted octanol–water partition coefficient (Wildman–Crippen LogP) is 4.57. The molecule has 0 aromatic heterocycles. The molecule has 0 amide bonds. The molecule has 9 heteroatoms. The lowest BCUT2D eigenvalue weighted by Gasteiger charge is -2.49. The van der Waals surface area contributed by atoms with Crippen molar-refractivity contribution in [3.05, 3.63) is 35.9 Å². The number of ether oxygens (including phenoxy) is 8. The summed E-state index contributed by atoms with van der Waals surface area (Å²) in [6.45, 7) is 5.41. The van der Waals surface area contributed by atoms with E-state index in [1.807, 2.05) is 24.3 Å². The van der Waals surface area contributed by atoms with Crippen LogP contribution in [0, 0.1) is 17.3 Å². The van der Waals surface area contributed by atoms with Crippen LogP contribution in [-0.4, -0.2) is 84.9 Å². The Hall–Kier alpha value is -2.01. The van der Waals surface area contributed by atoms with Gasteiger partial charge in [-0.1, -0.05) is 19.4 Å². The molecule has 2 bridgehead atoms. The molecule has 0 N–H and O–H groups in total. The normalized spacial score (nSPS) is 32.8. The second-order valence-electron chi connectivity index (χ2n) is 11.4. The molecule has 0 saturated heterocycles. The summed E-state index contributed by atoms with van der Waals surface area (Å²) in [6, 6.07) is 7.52. The molecular weight excluding hydrogens is 516 g/mol. The molecule has 0 radical (unpaired) electrons. The van der Waals surface area contributed by atoms with Crippen LogP contribution in [0.1, 0.15) is 46.0 Å². The molecule has 0 unspecified atom stereocenters. The molecule has 1 aromatic carbocycles. The van der Waals surface area contributed by atoms with Crippen molar-refractivity contribution in [1.29, 1.82) is 0 Å². The average molecular weight is 563 g/mol. The summed E-state index contributed by atoms with van der Waals surface area (Å²) in [6.07, 6.45) is 4.46. The van der Waals surface area contributed by atoms with E-state index in [4.69, 9.17) is 37.9 Å². The molecule has 6 atom stereocenters. The monoisotopic (exact) mass is 562 g/mol. The van der Waals surface area contributed by atoms with Crippen molar-refractivity contribution in [3.8, 4) is 11.5 Å². The van der Waals surface area contributed by atoms with E-state index in [2.05, 4.69) is 19.9 Å². The van der Waals surface area contributed by atoms with E-state index in [1.165, 1.54) is 5.57 Å². The molecule has 1 aromatic rings. The van der Waals surface area contributed by atoms with E-state index >= 15 is 0 Å². The minimum Gasteiger partial charge on any atom is -0.497 e. The Morgan fingerprint density at radius 1 is 0.900 bits per heavy atom. The maximum Gasteiger partial charge on any atom is 0.194 e. The van der Waals surface area contributed by atoms with E-state index in [1.54, 1.807) is 28.4 Å². The van der Waals surface area contributed by atoms with Gasteiger partial charge < -0.3 is 37.9 Å². The summed E-state index contributed by atoms with van der Waals surface area (Å²) in [5.74, 6) is 0.894. The van der Waals surface area contributed by atoms with Crippen LogP contribution in [0.4, 0.5) is 0 Å². The number of allylic oxidation sites excluding steroid dienone is 1. The smallest absolute Gasteiger partial charge is 0.194 e. The van der Waals surface area contributed by atoms with Gasteiger partial charge in [-0.25, -0.2) is 0 Å². The Morgan fingerprint density at radius 3 is 2.33 bits per heavy atom. The Labute approximate surface area is 238 Å². The largest absolute Gasteiger partial charge is 0.497 e. The van der Waals surface area contributed by atoms with Crippen LogP contribution in [0.5, 0.6) is 11.5 Å². The third kappa shape index (κ3) is 6.25. The van der Waals surface area contributed by atoms with Gasteiger partial charge in [0, 0.05) is 27.2 Å². The fraction of sp³-hybridized carbons (Fsp3) is 0.710. The molecule has 40 heavy (non-hydrogen) atoms. The number of rotatable bonds is 13. The van der Waals surface area contributed by atoms with E-state index in [9.17, 15) is 4.79 Å². The number of carbonyl (C=O) groups excluding carboxylic acids is 1. The number of hydrogen-bond donors (Lipinski definition) is 0. The lowest BCUT2D eigenvalue weighted by molar-refractivity contribution is -0.208. The van der Waals surface area contributed by atoms with Crippen LogP contribution in [-0.2, 0) is 33.2 Å². The zero-order valence-electron chi connectivity index (χ0n) is 24.8. The number of benzene rings is 1. The van der Waals surface area contributed by atoms with Crippen LogP contribution in [0.2, 0.25) is 0 Å². The first-order valence-corrected chi connectivity index (χ1v) is 14.2. The van der Waals surface area contributed by atoms with Crippen LogP contribution in [0.15, 0.2) is 35.9 Å². The van der Waals surface area contributed by atoms with Gasteiger partial charge in [-0.2, -0.15) is 0 Å². The SMILES string of the molecule is COCCOCO[C@@H]1CCC[C@@]2(OC)C(=O)[C@H](OCOC)[C@H]3CC/C(=C\[C@H](Oc4ccc(OC)cc4)[C@@H]12)C3(C)C. The molecule has 0 spiro atoms. The first kappa shape index (κ1) is 30.9. The zero-order chi connectivity index (χ0) is 28.8. The number of fused-ring (bicyclic) bond motifs is 3. The summed E-state index contributed by atoms with van der Waals surface area (Å²) in [7, 11) is 6.46. The summed E-state index contributed by atoms with van der Waals surface area (Å²) in [5, 5.41) is 0. The van der Waals surface area contributed by atoms with Crippen molar-refractivity contribution in [2.45, 2.75) is 69.9 Å². The topological polar surface area (TPSA) is 90.9 Å². The van der Waals surface area contributed by atoms with E-state index < -0.39 is 23.7 Å². The highest BCUT2D eigenvalue weighted by molar-refractivity contribution is 5.92. The third-order valence-corrected chi connectivity index (χ3v) is 9.07. The van der Waals surface area contributed by atoms with Gasteiger partial charge >= 0.3 is 0 Å². The van der Waals surface area contributed by atoms with Crippen molar-refractivity contribution >= 4 is 5.78 Å². The number of methoxy groups -OCH3 is 4. The van der Waals surface area contributed by atoms with Gasteiger partial charge in [0.05, 0.1) is 32.3 Å². The van der Waals surface area contributed by atoms with Gasteiger partial charge in [0.25, 0.3) is 0 Å². The lowest BCUT2D eigenvalue weighted by atomic mass is 9.66. The Kier molecular flexibility index (Phi) is 10.6. The second kappa shape index (κ2) is 13.8. The van der Waals surface area contributed by atoms with Crippen molar-refractivity contribution in [2.24, 2.45) is 17.3 Å². The first-order chi connectivity index (χ1) is 19.3. The minimum absolute atomic E-state index is 0.0208. The maximum atomic E-state index is 14.8.